The van der Waals surface area contributed by atoms with E-state index in [4.69, 9.17) is 4.74 Å². The highest BCUT2D eigenvalue weighted by Crippen LogP contribution is 2.33. The van der Waals surface area contributed by atoms with Crippen LogP contribution in [-0.2, 0) is 17.8 Å². The zero-order valence-corrected chi connectivity index (χ0v) is 13.8. The Labute approximate surface area is 146 Å². The van der Waals surface area contributed by atoms with Gasteiger partial charge in [-0.1, -0.05) is 60.7 Å². The number of rotatable bonds is 3. The number of H-pyrrole nitrogens is 1. The number of hydrogen-bond donors (Lipinski definition) is 1. The molecule has 1 aliphatic rings. The van der Waals surface area contributed by atoms with Gasteiger partial charge in [-0.2, -0.15) is 0 Å². The first-order valence-corrected chi connectivity index (χ1v) is 8.37. The number of carbonyl (C=O) groups is 1. The van der Waals surface area contributed by atoms with E-state index < -0.39 is 0 Å². The van der Waals surface area contributed by atoms with Crippen molar-refractivity contribution >= 4 is 6.09 Å². The van der Waals surface area contributed by atoms with Crippen molar-refractivity contribution in [1.29, 1.82) is 0 Å². The largest absolute Gasteiger partial charge is 0.445 e. The topological polar surface area (TPSA) is 58.2 Å². The summed E-state index contributed by atoms with van der Waals surface area (Å²) in [6.07, 6.45) is 2.13. The van der Waals surface area contributed by atoms with Crippen LogP contribution >= 0.6 is 0 Å². The minimum Gasteiger partial charge on any atom is -0.445 e. The van der Waals surface area contributed by atoms with E-state index in [9.17, 15) is 4.79 Å². The third-order valence-electron chi connectivity index (χ3n) is 4.48. The maximum absolute atomic E-state index is 12.8. The van der Waals surface area contributed by atoms with Gasteiger partial charge in [0.15, 0.2) is 0 Å². The number of benzene rings is 2. The molecule has 25 heavy (non-hydrogen) atoms. The van der Waals surface area contributed by atoms with Crippen molar-refractivity contribution < 1.29 is 9.53 Å². The molecule has 0 aliphatic carbocycles. The second-order valence-corrected chi connectivity index (χ2v) is 6.06. The molecule has 0 fully saturated rings. The zero-order valence-electron chi connectivity index (χ0n) is 13.8. The summed E-state index contributed by atoms with van der Waals surface area (Å²) in [6, 6.07) is 19.5. The number of aromatic nitrogens is 2. The third-order valence-corrected chi connectivity index (χ3v) is 4.48. The molecule has 4 rings (SSSR count). The summed E-state index contributed by atoms with van der Waals surface area (Å²) in [5, 5.41) is 0. The van der Waals surface area contributed by atoms with Crippen molar-refractivity contribution in [3.63, 3.8) is 0 Å². The lowest BCUT2D eigenvalue weighted by atomic mass is 9.96. The van der Waals surface area contributed by atoms with Crippen LogP contribution in [0.1, 0.15) is 28.6 Å². The molecule has 1 aliphatic heterocycles. The number of hydrogen-bond acceptors (Lipinski definition) is 3. The number of carbonyl (C=O) groups excluding carboxylic acids is 1. The van der Waals surface area contributed by atoms with E-state index in [1.54, 1.807) is 11.2 Å². The van der Waals surface area contributed by atoms with Crippen molar-refractivity contribution in [1.82, 2.24) is 14.9 Å². The Morgan fingerprint density at radius 3 is 2.60 bits per heavy atom. The Hall–Kier alpha value is -3.08. The summed E-state index contributed by atoms with van der Waals surface area (Å²) in [4.78, 5) is 22.2. The second kappa shape index (κ2) is 6.81. The van der Waals surface area contributed by atoms with Crippen LogP contribution in [0.15, 0.2) is 67.0 Å². The van der Waals surface area contributed by atoms with E-state index in [1.165, 1.54) is 0 Å². The maximum atomic E-state index is 12.8. The van der Waals surface area contributed by atoms with Crippen molar-refractivity contribution in [2.75, 3.05) is 6.54 Å². The van der Waals surface area contributed by atoms with Crippen LogP contribution in [0.25, 0.3) is 0 Å². The minimum atomic E-state index is -0.314. The lowest BCUT2D eigenvalue weighted by Crippen LogP contribution is -2.41. The molecule has 0 saturated heterocycles. The molecule has 1 atom stereocenters. The SMILES string of the molecule is O=C(OCc1ccccc1)N1CCc2[nH]cnc2C1c1ccccc1. The molecule has 126 valence electrons. The number of ether oxygens (including phenoxy) is 1. The molecule has 1 aromatic heterocycles. The molecule has 3 aromatic rings. The van der Waals surface area contributed by atoms with Gasteiger partial charge in [-0.15, -0.1) is 0 Å². The van der Waals surface area contributed by atoms with Crippen LogP contribution in [0.3, 0.4) is 0 Å². The van der Waals surface area contributed by atoms with Gasteiger partial charge in [0.05, 0.1) is 12.0 Å². The van der Waals surface area contributed by atoms with E-state index >= 15 is 0 Å². The van der Waals surface area contributed by atoms with Crippen LogP contribution in [0.4, 0.5) is 4.79 Å². The minimum absolute atomic E-state index is 0.223. The van der Waals surface area contributed by atoms with Gasteiger partial charge in [-0.3, -0.25) is 4.90 Å². The molecule has 5 nitrogen and oxygen atoms in total. The van der Waals surface area contributed by atoms with Gasteiger partial charge < -0.3 is 9.72 Å². The fourth-order valence-corrected chi connectivity index (χ4v) is 3.25. The Balaban J connectivity index is 1.58. The summed E-state index contributed by atoms with van der Waals surface area (Å²) in [5.74, 6) is 0. The molecule has 0 bridgehead atoms. The van der Waals surface area contributed by atoms with Crippen LogP contribution < -0.4 is 0 Å². The number of aromatic amines is 1. The van der Waals surface area contributed by atoms with E-state index in [2.05, 4.69) is 9.97 Å². The monoisotopic (exact) mass is 333 g/mol. The smallest absolute Gasteiger partial charge is 0.410 e. The van der Waals surface area contributed by atoms with Crippen LogP contribution in [0.5, 0.6) is 0 Å². The average molecular weight is 333 g/mol. The summed E-state index contributed by atoms with van der Waals surface area (Å²) in [6.45, 7) is 0.869. The van der Waals surface area contributed by atoms with Crippen LogP contribution in [0, 0.1) is 0 Å². The molecule has 0 radical (unpaired) electrons. The van der Waals surface area contributed by atoms with E-state index in [0.29, 0.717) is 6.54 Å². The molecular formula is C20H19N3O2. The van der Waals surface area contributed by atoms with E-state index in [-0.39, 0.29) is 18.7 Å². The van der Waals surface area contributed by atoms with Gasteiger partial charge in [0.1, 0.15) is 12.6 Å². The highest BCUT2D eigenvalue weighted by atomic mass is 16.6. The Morgan fingerprint density at radius 1 is 1.12 bits per heavy atom. The highest BCUT2D eigenvalue weighted by molar-refractivity contribution is 5.69. The molecule has 0 saturated carbocycles. The number of nitrogens with zero attached hydrogens (tertiary/aromatic N) is 2. The first-order chi connectivity index (χ1) is 12.3. The molecule has 1 amide bonds. The Kier molecular flexibility index (Phi) is 4.21. The van der Waals surface area contributed by atoms with Crippen molar-refractivity contribution in [3.05, 3.63) is 89.5 Å². The lowest BCUT2D eigenvalue weighted by molar-refractivity contribution is 0.0829. The third kappa shape index (κ3) is 3.13. The summed E-state index contributed by atoms with van der Waals surface area (Å²) < 4.78 is 5.56. The molecule has 0 spiro atoms. The Bertz CT molecular complexity index is 846. The Morgan fingerprint density at radius 2 is 1.84 bits per heavy atom. The van der Waals surface area contributed by atoms with E-state index in [0.717, 1.165) is 28.9 Å². The summed E-state index contributed by atoms with van der Waals surface area (Å²) in [7, 11) is 0. The lowest BCUT2D eigenvalue weighted by Gasteiger charge is -2.34. The van der Waals surface area contributed by atoms with Gasteiger partial charge in [0, 0.05) is 18.7 Å². The fourth-order valence-electron chi connectivity index (χ4n) is 3.25. The van der Waals surface area contributed by atoms with Gasteiger partial charge >= 0.3 is 6.09 Å². The number of imidazole rings is 1. The molecular weight excluding hydrogens is 314 g/mol. The van der Waals surface area contributed by atoms with Crippen molar-refractivity contribution in [3.8, 4) is 0 Å². The normalized spacial score (nSPS) is 16.3. The second-order valence-electron chi connectivity index (χ2n) is 6.06. The fraction of sp³-hybridized carbons (Fsp3) is 0.200. The summed E-state index contributed by atoms with van der Waals surface area (Å²) in [5.41, 5.74) is 3.99. The highest BCUT2D eigenvalue weighted by Gasteiger charge is 2.34. The number of fused-ring (bicyclic) bond motifs is 1. The van der Waals surface area contributed by atoms with Crippen LogP contribution in [-0.4, -0.2) is 27.5 Å². The molecule has 5 heteroatoms. The van der Waals surface area contributed by atoms with Gasteiger partial charge in [0.2, 0.25) is 0 Å². The van der Waals surface area contributed by atoms with Crippen molar-refractivity contribution in [2.45, 2.75) is 19.1 Å². The molecule has 1 N–H and O–H groups in total. The predicted octanol–water partition coefficient (Wildman–Crippen LogP) is 3.69. The molecule has 2 heterocycles. The number of amides is 1. The predicted molar refractivity (Wildman–Crippen MR) is 93.9 cm³/mol. The van der Waals surface area contributed by atoms with Gasteiger partial charge in [-0.25, -0.2) is 9.78 Å². The molecule has 2 aromatic carbocycles. The maximum Gasteiger partial charge on any atom is 0.410 e. The molecule has 1 unspecified atom stereocenters. The van der Waals surface area contributed by atoms with E-state index in [1.807, 2.05) is 60.7 Å². The van der Waals surface area contributed by atoms with Crippen molar-refractivity contribution in [2.24, 2.45) is 0 Å². The first-order valence-electron chi connectivity index (χ1n) is 8.37. The quantitative estimate of drug-likeness (QED) is 0.795. The first kappa shape index (κ1) is 15.4. The van der Waals surface area contributed by atoms with Crippen LogP contribution in [0.2, 0.25) is 0 Å². The zero-order chi connectivity index (χ0) is 17.1. The average Bonchev–Trinajstić information content (AvgIpc) is 3.15. The standard InChI is InChI=1S/C20H19N3O2/c24-20(25-13-15-7-3-1-4-8-15)23-12-11-17-18(22-14-21-17)19(23)16-9-5-2-6-10-16/h1-10,14,19H,11-13H2,(H,21,22). The summed E-state index contributed by atoms with van der Waals surface area (Å²) >= 11 is 0. The van der Waals surface area contributed by atoms with Gasteiger partial charge in [0.25, 0.3) is 0 Å². The van der Waals surface area contributed by atoms with Gasteiger partial charge in [-0.05, 0) is 11.1 Å². The number of nitrogens with one attached hydrogen (secondary N) is 1.